The molecule has 42 heavy (non-hydrogen) atoms. The van der Waals surface area contributed by atoms with Crippen molar-refractivity contribution < 1.29 is 29.4 Å². The van der Waals surface area contributed by atoms with Gasteiger partial charge in [-0.25, -0.2) is 0 Å². The summed E-state index contributed by atoms with van der Waals surface area (Å²) in [7, 11) is 0. The number of nitrogens with one attached hydrogen (secondary N) is 3. The van der Waals surface area contributed by atoms with E-state index in [1.807, 2.05) is 13.8 Å². The zero-order valence-electron chi connectivity index (χ0n) is 25.8. The van der Waals surface area contributed by atoms with Crippen LogP contribution in [0.1, 0.15) is 110 Å². The van der Waals surface area contributed by atoms with E-state index in [1.54, 1.807) is 12.1 Å². The van der Waals surface area contributed by atoms with Crippen molar-refractivity contribution in [2.75, 3.05) is 6.61 Å². The van der Waals surface area contributed by atoms with E-state index in [0.717, 1.165) is 19.3 Å². The Balaban J connectivity index is 2.67. The van der Waals surface area contributed by atoms with Gasteiger partial charge in [-0.3, -0.25) is 19.2 Å². The number of primary amides is 1. The molecule has 0 aliphatic carbocycles. The Morgan fingerprint density at radius 3 is 1.74 bits per heavy atom. The molecule has 10 nitrogen and oxygen atoms in total. The number of phenols is 1. The minimum absolute atomic E-state index is 0.0719. The van der Waals surface area contributed by atoms with Crippen molar-refractivity contribution in [3.8, 4) is 5.75 Å². The first-order valence-corrected chi connectivity index (χ1v) is 15.7. The molecule has 3 atom stereocenters. The van der Waals surface area contributed by atoms with Crippen LogP contribution in [0, 0.1) is 5.92 Å². The maximum absolute atomic E-state index is 13.2. The van der Waals surface area contributed by atoms with Gasteiger partial charge in [0.05, 0.1) is 6.61 Å². The number of aliphatic hydroxyl groups excluding tert-OH is 1. The zero-order valence-corrected chi connectivity index (χ0v) is 25.8. The predicted octanol–water partition coefficient (Wildman–Crippen LogP) is 3.61. The summed E-state index contributed by atoms with van der Waals surface area (Å²) in [4.78, 5) is 50.5. The summed E-state index contributed by atoms with van der Waals surface area (Å²) < 4.78 is 0. The maximum atomic E-state index is 13.2. The SMILES string of the molecule is CCCCCCCCCCCCCC(=O)N[C@@H](Cc1ccc(O)cc1)C(=O)N[C@@H](CO)C(=O)N[C@@H](CC(C)C)C(N)=O. The lowest BCUT2D eigenvalue weighted by molar-refractivity contribution is -0.134. The fraction of sp³-hybridized carbons (Fsp3) is 0.688. The minimum atomic E-state index is -1.34. The molecule has 4 amide bonds. The first-order valence-electron chi connectivity index (χ1n) is 15.7. The van der Waals surface area contributed by atoms with Crippen molar-refractivity contribution in [3.05, 3.63) is 29.8 Å². The molecule has 0 aliphatic heterocycles. The van der Waals surface area contributed by atoms with Crippen LogP contribution in [0.5, 0.6) is 5.75 Å². The number of aromatic hydroxyl groups is 1. The maximum Gasteiger partial charge on any atom is 0.245 e. The largest absolute Gasteiger partial charge is 0.508 e. The lowest BCUT2D eigenvalue weighted by Gasteiger charge is -2.24. The highest BCUT2D eigenvalue weighted by molar-refractivity contribution is 5.94. The molecule has 0 saturated heterocycles. The van der Waals surface area contributed by atoms with E-state index in [4.69, 9.17) is 5.73 Å². The quantitative estimate of drug-likeness (QED) is 0.106. The van der Waals surface area contributed by atoms with E-state index < -0.39 is 42.5 Å². The van der Waals surface area contributed by atoms with Crippen molar-refractivity contribution in [3.63, 3.8) is 0 Å². The Morgan fingerprint density at radius 1 is 0.738 bits per heavy atom. The highest BCUT2D eigenvalue weighted by Crippen LogP contribution is 2.14. The van der Waals surface area contributed by atoms with E-state index in [9.17, 15) is 29.4 Å². The molecule has 0 fully saturated rings. The van der Waals surface area contributed by atoms with Crippen molar-refractivity contribution >= 4 is 23.6 Å². The summed E-state index contributed by atoms with van der Waals surface area (Å²) in [6, 6.07) is 2.97. The highest BCUT2D eigenvalue weighted by atomic mass is 16.3. The number of rotatable bonds is 23. The Bertz CT molecular complexity index is 937. The summed E-state index contributed by atoms with van der Waals surface area (Å²) in [6.45, 7) is 5.27. The Hall–Kier alpha value is -3.14. The Morgan fingerprint density at radius 2 is 1.24 bits per heavy atom. The third kappa shape index (κ3) is 16.3. The van der Waals surface area contributed by atoms with Crippen molar-refractivity contribution in [1.82, 2.24) is 16.0 Å². The van der Waals surface area contributed by atoms with Gasteiger partial charge in [0, 0.05) is 12.8 Å². The van der Waals surface area contributed by atoms with Gasteiger partial charge in [0.2, 0.25) is 23.6 Å². The number of benzene rings is 1. The van der Waals surface area contributed by atoms with Crippen molar-refractivity contribution in [2.45, 2.75) is 129 Å². The van der Waals surface area contributed by atoms with Crippen molar-refractivity contribution in [2.24, 2.45) is 11.7 Å². The van der Waals surface area contributed by atoms with Crippen LogP contribution in [0.4, 0.5) is 0 Å². The fourth-order valence-electron chi connectivity index (χ4n) is 4.75. The highest BCUT2D eigenvalue weighted by Gasteiger charge is 2.29. The molecule has 0 spiro atoms. The molecule has 0 heterocycles. The molecule has 7 N–H and O–H groups in total. The van der Waals surface area contributed by atoms with E-state index in [2.05, 4.69) is 22.9 Å². The number of unbranched alkanes of at least 4 members (excludes halogenated alkanes) is 10. The Kier molecular flexibility index (Phi) is 18.9. The average Bonchev–Trinajstić information content (AvgIpc) is 2.94. The number of nitrogens with two attached hydrogens (primary N) is 1. The second-order valence-electron chi connectivity index (χ2n) is 11.6. The fourth-order valence-corrected chi connectivity index (χ4v) is 4.75. The van der Waals surface area contributed by atoms with Crippen LogP contribution in [0.2, 0.25) is 0 Å². The van der Waals surface area contributed by atoms with Crippen LogP contribution in [-0.2, 0) is 25.6 Å². The van der Waals surface area contributed by atoms with E-state index in [-0.39, 0.29) is 30.4 Å². The number of phenolic OH excluding ortho intramolecular Hbond substituents is 1. The predicted molar refractivity (Wildman–Crippen MR) is 164 cm³/mol. The number of hydrogen-bond donors (Lipinski definition) is 6. The van der Waals surface area contributed by atoms with E-state index in [0.29, 0.717) is 18.4 Å². The minimum Gasteiger partial charge on any atom is -0.508 e. The van der Waals surface area contributed by atoms with Crippen molar-refractivity contribution in [1.29, 1.82) is 0 Å². The topological polar surface area (TPSA) is 171 Å². The smallest absolute Gasteiger partial charge is 0.245 e. The van der Waals surface area contributed by atoms with Crippen LogP contribution in [0.25, 0.3) is 0 Å². The monoisotopic (exact) mass is 590 g/mol. The number of carbonyl (C=O) groups is 4. The number of amides is 4. The number of carbonyl (C=O) groups excluding carboxylic acids is 4. The third-order valence-corrected chi connectivity index (χ3v) is 7.22. The third-order valence-electron chi connectivity index (χ3n) is 7.22. The van der Waals surface area contributed by atoms with E-state index in [1.165, 1.54) is 57.1 Å². The lowest BCUT2D eigenvalue weighted by Crippen LogP contribution is -2.58. The second kappa shape index (κ2) is 21.5. The molecule has 0 bridgehead atoms. The van der Waals surface area contributed by atoms with Gasteiger partial charge in [-0.1, -0.05) is 97.1 Å². The molecule has 1 rings (SSSR count). The normalized spacial score (nSPS) is 13.3. The molecule has 1 aromatic rings. The summed E-state index contributed by atoms with van der Waals surface area (Å²) in [5, 5.41) is 27.2. The summed E-state index contributed by atoms with van der Waals surface area (Å²) in [5.74, 6) is -2.23. The molecule has 0 radical (unpaired) electrons. The lowest BCUT2D eigenvalue weighted by atomic mass is 10.0. The first kappa shape index (κ1) is 36.9. The average molecular weight is 591 g/mol. The van der Waals surface area contributed by atoms with Crippen LogP contribution in [0.3, 0.4) is 0 Å². The van der Waals surface area contributed by atoms with Gasteiger partial charge in [0.25, 0.3) is 0 Å². The van der Waals surface area contributed by atoms with Crippen LogP contribution < -0.4 is 21.7 Å². The zero-order chi connectivity index (χ0) is 31.3. The first-order chi connectivity index (χ1) is 20.1. The molecule has 238 valence electrons. The van der Waals surface area contributed by atoms with Gasteiger partial charge in [-0.05, 0) is 36.5 Å². The van der Waals surface area contributed by atoms with Gasteiger partial charge in [-0.2, -0.15) is 0 Å². The molecule has 0 saturated carbocycles. The molecule has 0 unspecified atom stereocenters. The summed E-state index contributed by atoms with van der Waals surface area (Å²) in [5.41, 5.74) is 6.10. The summed E-state index contributed by atoms with van der Waals surface area (Å²) in [6.07, 6.45) is 13.5. The molecule has 1 aromatic carbocycles. The molecular weight excluding hydrogens is 536 g/mol. The van der Waals surface area contributed by atoms with Gasteiger partial charge >= 0.3 is 0 Å². The second-order valence-corrected chi connectivity index (χ2v) is 11.6. The van der Waals surface area contributed by atoms with Gasteiger partial charge in [-0.15, -0.1) is 0 Å². The van der Waals surface area contributed by atoms with Crippen LogP contribution in [0.15, 0.2) is 24.3 Å². The standard InChI is InChI=1S/C32H54N4O6/c1-4-5-6-7-8-9-10-11-12-13-14-15-29(39)34-27(21-24-16-18-25(38)19-17-24)31(41)36-28(22-37)32(42)35-26(30(33)40)20-23(2)3/h16-19,23,26-28,37-38H,4-15,20-22H2,1-3H3,(H2,33,40)(H,34,39)(H,35,42)(H,36,41)/t26-,27-,28-/m0/s1. The van der Waals surface area contributed by atoms with Gasteiger partial charge in [0.1, 0.15) is 23.9 Å². The molecule has 0 aliphatic rings. The van der Waals surface area contributed by atoms with Crippen LogP contribution >= 0.6 is 0 Å². The number of aliphatic hydroxyl groups is 1. The van der Waals surface area contributed by atoms with Gasteiger partial charge < -0.3 is 31.9 Å². The molecular formula is C32H54N4O6. The number of hydrogen-bond acceptors (Lipinski definition) is 6. The van der Waals surface area contributed by atoms with Gasteiger partial charge in [0.15, 0.2) is 0 Å². The Labute approximate surface area is 251 Å². The van der Waals surface area contributed by atoms with E-state index >= 15 is 0 Å². The molecule has 10 heteroatoms. The van der Waals surface area contributed by atoms with Crippen LogP contribution in [-0.4, -0.2) is 58.6 Å². The molecule has 0 aromatic heterocycles. The summed E-state index contributed by atoms with van der Waals surface area (Å²) >= 11 is 0.